The van der Waals surface area contributed by atoms with E-state index in [1.54, 1.807) is 29.3 Å². The Hall–Kier alpha value is -3.58. The van der Waals surface area contributed by atoms with E-state index in [4.69, 9.17) is 9.88 Å². The molecular formula is C23H30N8O4S. The highest BCUT2D eigenvalue weighted by Crippen LogP contribution is 2.33. The largest absolute Gasteiger partial charge is 0.444 e. The molecule has 1 fully saturated rings. The molecule has 192 valence electrons. The molecule has 4 rings (SSSR count). The van der Waals surface area contributed by atoms with Gasteiger partial charge in [0.1, 0.15) is 17.8 Å². The molecule has 0 radical (unpaired) electrons. The number of amides is 1. The monoisotopic (exact) mass is 514 g/mol. The van der Waals surface area contributed by atoms with Crippen LogP contribution < -0.4 is 15.8 Å². The van der Waals surface area contributed by atoms with Crippen molar-refractivity contribution in [2.45, 2.75) is 55.9 Å². The van der Waals surface area contributed by atoms with Crippen LogP contribution in [0, 0.1) is 0 Å². The fraction of sp³-hybridized carbons (Fsp3) is 0.435. The number of pyridine rings is 1. The topological polar surface area (TPSA) is 164 Å². The lowest BCUT2D eigenvalue weighted by Crippen LogP contribution is -2.47. The van der Waals surface area contributed by atoms with Crippen LogP contribution >= 0.6 is 0 Å². The molecule has 0 aliphatic carbocycles. The van der Waals surface area contributed by atoms with Gasteiger partial charge in [-0.25, -0.2) is 28.3 Å². The average Bonchev–Trinajstić information content (AvgIpc) is 3.28. The Balaban J connectivity index is 1.49. The minimum atomic E-state index is -3.80. The quantitative estimate of drug-likeness (QED) is 0.532. The molecule has 1 unspecified atom stereocenters. The molecular weight excluding hydrogens is 484 g/mol. The number of benzene rings is 1. The smallest absolute Gasteiger partial charge is 0.410 e. The van der Waals surface area contributed by atoms with E-state index in [9.17, 15) is 13.2 Å². The summed E-state index contributed by atoms with van der Waals surface area (Å²) in [4.78, 5) is 23.1. The number of piperidine rings is 1. The number of sulfonamides is 1. The highest BCUT2D eigenvalue weighted by Gasteiger charge is 2.35. The number of ether oxygens (including phenoxy) is 1. The van der Waals surface area contributed by atoms with E-state index in [2.05, 4.69) is 30.8 Å². The Morgan fingerprint density at radius 3 is 2.61 bits per heavy atom. The molecule has 1 amide bonds. The molecule has 12 nitrogen and oxygen atoms in total. The van der Waals surface area contributed by atoms with E-state index in [-0.39, 0.29) is 17.0 Å². The van der Waals surface area contributed by atoms with E-state index in [0.717, 1.165) is 12.8 Å². The molecule has 0 bridgehead atoms. The number of nitrogens with zero attached hydrogens (tertiary/aromatic N) is 5. The Morgan fingerprint density at radius 1 is 1.22 bits per heavy atom. The summed E-state index contributed by atoms with van der Waals surface area (Å²) < 4.78 is 28.6. The van der Waals surface area contributed by atoms with Crippen LogP contribution in [0.3, 0.4) is 0 Å². The number of nitrogens with one attached hydrogen (secondary N) is 2. The van der Waals surface area contributed by atoms with Crippen molar-refractivity contribution >= 4 is 34.0 Å². The van der Waals surface area contributed by atoms with Gasteiger partial charge in [-0.1, -0.05) is 0 Å². The van der Waals surface area contributed by atoms with Crippen LogP contribution in [0.1, 0.15) is 39.2 Å². The number of azo groups is 1. The summed E-state index contributed by atoms with van der Waals surface area (Å²) in [6.07, 6.45) is 4.38. The summed E-state index contributed by atoms with van der Waals surface area (Å²) in [5.41, 5.74) is 0.698. The van der Waals surface area contributed by atoms with Crippen LogP contribution in [0.5, 0.6) is 0 Å². The molecule has 2 aliphatic rings. The van der Waals surface area contributed by atoms with Crippen molar-refractivity contribution in [1.29, 1.82) is 0 Å². The van der Waals surface area contributed by atoms with Crippen molar-refractivity contribution in [1.82, 2.24) is 9.88 Å². The van der Waals surface area contributed by atoms with Crippen molar-refractivity contribution in [3.05, 3.63) is 48.2 Å². The van der Waals surface area contributed by atoms with E-state index in [1.807, 2.05) is 26.8 Å². The van der Waals surface area contributed by atoms with E-state index < -0.39 is 21.4 Å². The van der Waals surface area contributed by atoms with Crippen LogP contribution in [0.4, 0.5) is 16.3 Å². The zero-order valence-electron chi connectivity index (χ0n) is 20.4. The van der Waals surface area contributed by atoms with Crippen LogP contribution in [0.2, 0.25) is 0 Å². The Kier molecular flexibility index (Phi) is 6.96. The molecule has 0 spiro atoms. The van der Waals surface area contributed by atoms with Gasteiger partial charge in [-0.3, -0.25) is 0 Å². The Bertz CT molecular complexity index is 1260. The molecule has 4 N–H and O–H groups in total. The van der Waals surface area contributed by atoms with Gasteiger partial charge in [0.25, 0.3) is 5.79 Å². The number of carbonyl (C=O) groups is 1. The van der Waals surface area contributed by atoms with E-state index >= 15 is 0 Å². The molecule has 2 aliphatic heterocycles. The lowest BCUT2D eigenvalue weighted by molar-refractivity contribution is 0.0206. The summed E-state index contributed by atoms with van der Waals surface area (Å²) >= 11 is 0. The number of aromatic nitrogens is 1. The van der Waals surface area contributed by atoms with Gasteiger partial charge in [0, 0.05) is 36.6 Å². The highest BCUT2D eigenvalue weighted by atomic mass is 32.2. The average molecular weight is 515 g/mol. The minimum Gasteiger partial charge on any atom is -0.444 e. The van der Waals surface area contributed by atoms with Crippen LogP contribution in [0.25, 0.3) is 0 Å². The maximum Gasteiger partial charge on any atom is 0.410 e. The number of nitrogens with two attached hydrogens (primary N) is 1. The number of hydrogen-bond donors (Lipinski definition) is 3. The van der Waals surface area contributed by atoms with Gasteiger partial charge in [-0.05, 0) is 70.0 Å². The Labute approximate surface area is 210 Å². The van der Waals surface area contributed by atoms with Crippen molar-refractivity contribution in [2.24, 2.45) is 20.4 Å². The van der Waals surface area contributed by atoms with Gasteiger partial charge < -0.3 is 20.3 Å². The fourth-order valence-corrected chi connectivity index (χ4v) is 4.47. The van der Waals surface area contributed by atoms with Crippen LogP contribution in [-0.4, -0.2) is 55.5 Å². The second-order valence-electron chi connectivity index (χ2n) is 9.67. The molecule has 1 aromatic heterocycles. The predicted molar refractivity (Wildman–Crippen MR) is 135 cm³/mol. The lowest BCUT2D eigenvalue weighted by Gasteiger charge is -2.34. The number of primary sulfonamides is 1. The molecule has 36 heavy (non-hydrogen) atoms. The van der Waals surface area contributed by atoms with Crippen molar-refractivity contribution < 1.29 is 17.9 Å². The van der Waals surface area contributed by atoms with Crippen LogP contribution in [0.15, 0.2) is 62.7 Å². The first-order valence-electron chi connectivity index (χ1n) is 11.5. The summed E-state index contributed by atoms with van der Waals surface area (Å²) in [6.45, 7) is 6.69. The third-order valence-electron chi connectivity index (χ3n) is 5.59. The second-order valence-corrected chi connectivity index (χ2v) is 11.2. The number of carbonyl (C=O) groups excluding carboxylic acids is 1. The Morgan fingerprint density at radius 2 is 1.97 bits per heavy atom. The first-order chi connectivity index (χ1) is 16.9. The number of anilines is 2. The summed E-state index contributed by atoms with van der Waals surface area (Å²) in [7, 11) is -3.80. The van der Waals surface area contributed by atoms with Crippen molar-refractivity contribution in [3.63, 3.8) is 0 Å². The number of likely N-dealkylation sites (tertiary alicyclic amines) is 1. The molecule has 1 saturated heterocycles. The molecule has 0 saturated carbocycles. The molecule has 3 heterocycles. The predicted octanol–water partition coefficient (Wildman–Crippen LogP) is 3.26. The number of rotatable bonds is 6. The first-order valence-corrected chi connectivity index (χ1v) is 13.1. The van der Waals surface area contributed by atoms with Gasteiger partial charge in [-0.2, -0.15) is 0 Å². The second kappa shape index (κ2) is 9.82. The van der Waals surface area contributed by atoms with E-state index in [1.165, 1.54) is 18.5 Å². The zero-order chi connectivity index (χ0) is 26.0. The first kappa shape index (κ1) is 25.5. The SMILES string of the molecule is CC(C)(C)OC(=O)N1CCC[C@H](Nc2cc(C3(Nc4ccc(S(N)(=O)=O)cc4)N=CN=N3)ccn2)C1. The maximum absolute atomic E-state index is 12.5. The fourth-order valence-electron chi connectivity index (χ4n) is 3.96. The highest BCUT2D eigenvalue weighted by molar-refractivity contribution is 7.89. The lowest BCUT2D eigenvalue weighted by atomic mass is 10.1. The van der Waals surface area contributed by atoms with Crippen LogP contribution in [-0.2, 0) is 20.5 Å². The maximum atomic E-state index is 12.5. The summed E-state index contributed by atoms with van der Waals surface area (Å²) in [5.74, 6) is -0.635. The molecule has 13 heteroatoms. The normalized spacial score (nSPS) is 21.9. The molecule has 2 atom stereocenters. The van der Waals surface area contributed by atoms with E-state index in [0.29, 0.717) is 30.2 Å². The van der Waals surface area contributed by atoms with Gasteiger partial charge in [0.05, 0.1) is 4.90 Å². The summed E-state index contributed by atoms with van der Waals surface area (Å²) in [6, 6.07) is 9.56. The number of aliphatic imine (C=N–C) groups is 1. The van der Waals surface area contributed by atoms with Gasteiger partial charge in [-0.15, -0.1) is 10.2 Å². The van der Waals surface area contributed by atoms with Crippen molar-refractivity contribution in [2.75, 3.05) is 23.7 Å². The third kappa shape index (κ3) is 6.15. The zero-order valence-corrected chi connectivity index (χ0v) is 21.2. The molecule has 1 aromatic carbocycles. The standard InChI is InChI=1S/C23H30N8O4S/c1-22(2,3)35-21(32)31-12-4-5-18(14-31)28-20-13-16(10-11-25-20)23(26-15-27-30-23)29-17-6-8-19(9-7-17)36(24,33)34/h6-11,13,15,18,29H,4-5,12,14H2,1-3H3,(H,25,28)(H2,24,33,34)/t18-,23?/m0/s1. The number of hydrogen-bond acceptors (Lipinski definition) is 10. The summed E-state index contributed by atoms with van der Waals surface area (Å²) in [5, 5.41) is 20.0. The van der Waals surface area contributed by atoms with Gasteiger partial charge in [0.15, 0.2) is 0 Å². The third-order valence-corrected chi connectivity index (χ3v) is 6.52. The van der Waals surface area contributed by atoms with Gasteiger partial charge in [0.2, 0.25) is 10.0 Å². The minimum absolute atomic E-state index is 0.00181. The molecule has 2 aromatic rings. The van der Waals surface area contributed by atoms with Crippen molar-refractivity contribution in [3.8, 4) is 0 Å². The van der Waals surface area contributed by atoms with Gasteiger partial charge >= 0.3 is 6.09 Å².